The van der Waals surface area contributed by atoms with Crippen LogP contribution >= 0.6 is 11.6 Å². The third-order valence-electron chi connectivity index (χ3n) is 3.71. The van der Waals surface area contributed by atoms with Crippen molar-refractivity contribution in [3.63, 3.8) is 0 Å². The van der Waals surface area contributed by atoms with E-state index >= 15 is 0 Å². The van der Waals surface area contributed by atoms with E-state index in [2.05, 4.69) is 27.4 Å². The number of aliphatic imine (C=N–C) groups is 1. The van der Waals surface area contributed by atoms with Gasteiger partial charge in [0.15, 0.2) is 5.96 Å². The molecule has 0 aliphatic rings. The Morgan fingerprint density at radius 2 is 2.04 bits per heavy atom. The molecule has 0 unspecified atom stereocenters. The molecule has 0 bridgehead atoms. The predicted octanol–water partition coefficient (Wildman–Crippen LogP) is 3.93. The smallest absolute Gasteiger partial charge is 0.248 e. The van der Waals surface area contributed by atoms with Gasteiger partial charge in [-0.25, -0.2) is 4.99 Å². The van der Waals surface area contributed by atoms with Gasteiger partial charge in [0.2, 0.25) is 11.7 Å². The summed E-state index contributed by atoms with van der Waals surface area (Å²) in [6.45, 7) is 4.30. The van der Waals surface area contributed by atoms with Crippen molar-refractivity contribution in [1.29, 1.82) is 0 Å². The van der Waals surface area contributed by atoms with Gasteiger partial charge in [0, 0.05) is 16.3 Å². The van der Waals surface area contributed by atoms with Gasteiger partial charge in [-0.3, -0.25) is 0 Å². The highest BCUT2D eigenvalue weighted by atomic mass is 35.5. The molecule has 7 heteroatoms. The summed E-state index contributed by atoms with van der Waals surface area (Å²) < 4.78 is 5.20. The molecule has 128 valence electrons. The van der Waals surface area contributed by atoms with E-state index in [9.17, 15) is 0 Å². The van der Waals surface area contributed by atoms with E-state index in [1.54, 1.807) is 12.1 Å². The zero-order valence-corrected chi connectivity index (χ0v) is 14.7. The number of hydrogen-bond acceptors (Lipinski definition) is 4. The normalized spacial score (nSPS) is 11.6. The Kier molecular flexibility index (Phi) is 5.00. The molecule has 25 heavy (non-hydrogen) atoms. The molecule has 0 amide bonds. The Morgan fingerprint density at radius 3 is 2.80 bits per heavy atom. The molecule has 0 saturated carbocycles. The van der Waals surface area contributed by atoms with Crippen molar-refractivity contribution in [2.75, 3.05) is 5.32 Å². The number of nitrogens with zero attached hydrogens (tertiary/aromatic N) is 3. The quantitative estimate of drug-likeness (QED) is 0.546. The van der Waals surface area contributed by atoms with E-state index in [0.717, 1.165) is 11.3 Å². The summed E-state index contributed by atoms with van der Waals surface area (Å²) in [5.74, 6) is 1.12. The molecule has 3 aromatic rings. The van der Waals surface area contributed by atoms with Crippen molar-refractivity contribution >= 4 is 23.2 Å². The van der Waals surface area contributed by atoms with Gasteiger partial charge in [0.1, 0.15) is 6.54 Å². The van der Waals surface area contributed by atoms with Gasteiger partial charge in [0.25, 0.3) is 0 Å². The van der Waals surface area contributed by atoms with Gasteiger partial charge in [0.05, 0.1) is 0 Å². The molecule has 6 nitrogen and oxygen atoms in total. The van der Waals surface area contributed by atoms with Crippen LogP contribution in [0.4, 0.5) is 5.69 Å². The molecule has 0 fully saturated rings. The number of rotatable bonds is 4. The van der Waals surface area contributed by atoms with Crippen LogP contribution in [0.5, 0.6) is 0 Å². The first-order valence-corrected chi connectivity index (χ1v) is 8.12. The van der Waals surface area contributed by atoms with Crippen molar-refractivity contribution in [2.45, 2.75) is 20.4 Å². The molecule has 0 atom stereocenters. The lowest BCUT2D eigenvalue weighted by Gasteiger charge is -2.07. The number of benzene rings is 2. The van der Waals surface area contributed by atoms with E-state index in [1.807, 2.05) is 37.3 Å². The van der Waals surface area contributed by atoms with Crippen LogP contribution in [0.25, 0.3) is 11.4 Å². The number of guanidine groups is 1. The topological polar surface area (TPSA) is 89.3 Å². The standard InChI is InChI=1S/C18H18ClN5O/c1-11-6-7-15(8-12(11)2)22-18(20)21-10-16-23-17(24-25-16)13-4-3-5-14(19)9-13/h3-9H,10H2,1-2H3,(H3,20,21,22). The molecule has 3 N–H and O–H groups in total. The second-order valence-corrected chi connectivity index (χ2v) is 6.08. The molecular weight excluding hydrogens is 338 g/mol. The van der Waals surface area contributed by atoms with Crippen LogP contribution in [0.15, 0.2) is 52.0 Å². The van der Waals surface area contributed by atoms with E-state index in [-0.39, 0.29) is 12.5 Å². The second-order valence-electron chi connectivity index (χ2n) is 5.65. The van der Waals surface area contributed by atoms with Crippen LogP contribution in [0.3, 0.4) is 0 Å². The molecular formula is C18H18ClN5O. The zero-order chi connectivity index (χ0) is 17.8. The molecule has 0 spiro atoms. The van der Waals surface area contributed by atoms with Crippen molar-refractivity contribution in [3.8, 4) is 11.4 Å². The lowest BCUT2D eigenvalue weighted by molar-refractivity contribution is 0.381. The molecule has 3 rings (SSSR count). The number of anilines is 1. The van der Waals surface area contributed by atoms with Gasteiger partial charge < -0.3 is 15.6 Å². The Morgan fingerprint density at radius 1 is 1.20 bits per heavy atom. The first-order chi connectivity index (χ1) is 12.0. The third kappa shape index (κ3) is 4.36. The average Bonchev–Trinajstić information content (AvgIpc) is 3.05. The maximum absolute atomic E-state index is 5.97. The van der Waals surface area contributed by atoms with Crippen LogP contribution in [0.2, 0.25) is 5.02 Å². The van der Waals surface area contributed by atoms with E-state index < -0.39 is 0 Å². The number of hydrogen-bond donors (Lipinski definition) is 2. The van der Waals surface area contributed by atoms with Crippen molar-refractivity contribution in [2.24, 2.45) is 10.7 Å². The highest BCUT2D eigenvalue weighted by Crippen LogP contribution is 2.20. The number of nitrogens with one attached hydrogen (secondary N) is 1. The van der Waals surface area contributed by atoms with Gasteiger partial charge in [-0.05, 0) is 49.2 Å². The minimum absolute atomic E-state index is 0.192. The highest BCUT2D eigenvalue weighted by molar-refractivity contribution is 6.30. The van der Waals surface area contributed by atoms with Crippen LogP contribution in [-0.2, 0) is 6.54 Å². The highest BCUT2D eigenvalue weighted by Gasteiger charge is 2.08. The average molecular weight is 356 g/mol. The number of aromatic nitrogens is 2. The number of aryl methyl sites for hydroxylation is 2. The SMILES string of the molecule is Cc1ccc(NC(N)=NCc2nc(-c3cccc(Cl)c3)no2)cc1C. The van der Waals surface area contributed by atoms with E-state index in [0.29, 0.717) is 16.7 Å². The van der Waals surface area contributed by atoms with Crippen LogP contribution in [0, 0.1) is 13.8 Å². The molecule has 0 aliphatic carbocycles. The molecule has 1 aromatic heterocycles. The first kappa shape index (κ1) is 17.0. The largest absolute Gasteiger partial charge is 0.370 e. The summed E-state index contributed by atoms with van der Waals surface area (Å²) >= 11 is 5.97. The monoisotopic (exact) mass is 355 g/mol. The summed E-state index contributed by atoms with van der Waals surface area (Å²) in [4.78, 5) is 8.53. The fourth-order valence-corrected chi connectivity index (χ4v) is 2.41. The van der Waals surface area contributed by atoms with Crippen LogP contribution < -0.4 is 11.1 Å². The van der Waals surface area contributed by atoms with Crippen molar-refractivity contribution in [3.05, 3.63) is 64.5 Å². The number of halogens is 1. The third-order valence-corrected chi connectivity index (χ3v) is 3.95. The van der Waals surface area contributed by atoms with Gasteiger partial charge in [-0.2, -0.15) is 4.98 Å². The Hall–Kier alpha value is -2.86. The van der Waals surface area contributed by atoms with Crippen LogP contribution in [0.1, 0.15) is 17.0 Å². The van der Waals surface area contributed by atoms with Gasteiger partial charge in [-0.1, -0.05) is 35.0 Å². The summed E-state index contributed by atoms with van der Waals surface area (Å²) in [7, 11) is 0. The summed E-state index contributed by atoms with van der Waals surface area (Å²) in [5, 5.41) is 7.60. The Labute approximate surface area is 150 Å². The first-order valence-electron chi connectivity index (χ1n) is 7.74. The molecule has 0 aliphatic heterocycles. The molecule has 2 aromatic carbocycles. The van der Waals surface area contributed by atoms with Crippen LogP contribution in [-0.4, -0.2) is 16.1 Å². The van der Waals surface area contributed by atoms with E-state index in [4.69, 9.17) is 21.9 Å². The zero-order valence-electron chi connectivity index (χ0n) is 14.0. The van der Waals surface area contributed by atoms with Gasteiger partial charge in [-0.15, -0.1) is 0 Å². The Balaban J connectivity index is 1.66. The van der Waals surface area contributed by atoms with Gasteiger partial charge >= 0.3 is 0 Å². The summed E-state index contributed by atoms with van der Waals surface area (Å²) in [6, 6.07) is 13.2. The van der Waals surface area contributed by atoms with Crippen molar-refractivity contribution < 1.29 is 4.52 Å². The minimum atomic E-state index is 0.192. The fraction of sp³-hybridized carbons (Fsp3) is 0.167. The Bertz CT molecular complexity index is 919. The number of nitrogens with two attached hydrogens (primary N) is 1. The summed E-state index contributed by atoms with van der Waals surface area (Å²) in [5.41, 5.74) is 9.98. The minimum Gasteiger partial charge on any atom is -0.370 e. The maximum Gasteiger partial charge on any atom is 0.248 e. The molecule has 1 heterocycles. The van der Waals surface area contributed by atoms with E-state index in [1.165, 1.54) is 11.1 Å². The molecule has 0 radical (unpaired) electrons. The molecule has 0 saturated heterocycles. The maximum atomic E-state index is 5.97. The fourth-order valence-electron chi connectivity index (χ4n) is 2.22. The predicted molar refractivity (Wildman–Crippen MR) is 99.6 cm³/mol. The second kappa shape index (κ2) is 7.36. The lowest BCUT2D eigenvalue weighted by atomic mass is 10.1. The summed E-state index contributed by atoms with van der Waals surface area (Å²) in [6.07, 6.45) is 0. The lowest BCUT2D eigenvalue weighted by Crippen LogP contribution is -2.22. The van der Waals surface area contributed by atoms with Crippen molar-refractivity contribution in [1.82, 2.24) is 10.1 Å².